The van der Waals surface area contributed by atoms with Crippen LogP contribution in [0.2, 0.25) is 0 Å². The highest BCUT2D eigenvalue weighted by Crippen LogP contribution is 2.41. The van der Waals surface area contributed by atoms with Crippen molar-refractivity contribution in [2.24, 2.45) is 5.10 Å². The highest BCUT2D eigenvalue weighted by Gasteiger charge is 2.21. The summed E-state index contributed by atoms with van der Waals surface area (Å²) in [5.41, 5.74) is 5.53. The van der Waals surface area contributed by atoms with Gasteiger partial charge in [-0.15, -0.1) is 10.2 Å². The molecule has 1 N–H and O–H groups in total. The Morgan fingerprint density at radius 1 is 0.829 bits per heavy atom. The van der Waals surface area contributed by atoms with E-state index < -0.39 is 0 Å². The van der Waals surface area contributed by atoms with E-state index in [1.165, 1.54) is 11.8 Å². The van der Waals surface area contributed by atoms with E-state index in [0.717, 1.165) is 11.3 Å². The number of hydrogen-bond acceptors (Lipinski definition) is 10. The van der Waals surface area contributed by atoms with Gasteiger partial charge in [-0.3, -0.25) is 9.36 Å². The highest BCUT2D eigenvalue weighted by molar-refractivity contribution is 7.99. The molecule has 0 bridgehead atoms. The molecular formula is C29H31N5O6S. The van der Waals surface area contributed by atoms with E-state index >= 15 is 0 Å². The first-order valence-electron chi connectivity index (χ1n) is 12.4. The summed E-state index contributed by atoms with van der Waals surface area (Å²) in [5, 5.41) is 13.6. The number of rotatable bonds is 12. The molecule has 0 fully saturated rings. The van der Waals surface area contributed by atoms with Crippen LogP contribution >= 0.6 is 11.8 Å². The summed E-state index contributed by atoms with van der Waals surface area (Å²) >= 11 is 1.24. The zero-order valence-electron chi connectivity index (χ0n) is 23.6. The third kappa shape index (κ3) is 6.55. The molecule has 41 heavy (non-hydrogen) atoms. The number of hydrazone groups is 1. The smallest absolute Gasteiger partial charge is 0.250 e. The normalized spacial score (nSPS) is 11.1. The van der Waals surface area contributed by atoms with Crippen LogP contribution in [-0.2, 0) is 4.79 Å². The van der Waals surface area contributed by atoms with Crippen molar-refractivity contribution in [2.45, 2.75) is 12.1 Å². The number of benzene rings is 3. The van der Waals surface area contributed by atoms with Gasteiger partial charge in [0.2, 0.25) is 5.75 Å². The van der Waals surface area contributed by atoms with Crippen LogP contribution in [0.4, 0.5) is 0 Å². The molecule has 1 amide bonds. The summed E-state index contributed by atoms with van der Waals surface area (Å²) in [7, 11) is 7.79. The van der Waals surface area contributed by atoms with Crippen LogP contribution < -0.4 is 29.1 Å². The van der Waals surface area contributed by atoms with Crippen LogP contribution in [0, 0.1) is 0 Å². The predicted octanol–water partition coefficient (Wildman–Crippen LogP) is 4.61. The maximum absolute atomic E-state index is 12.7. The molecule has 0 aliphatic rings. The molecule has 1 aromatic heterocycles. The van der Waals surface area contributed by atoms with Crippen molar-refractivity contribution in [2.75, 3.05) is 41.3 Å². The lowest BCUT2D eigenvalue weighted by Crippen LogP contribution is -2.21. The first-order chi connectivity index (χ1) is 19.9. The lowest BCUT2D eigenvalue weighted by molar-refractivity contribution is -0.118. The zero-order chi connectivity index (χ0) is 29.4. The minimum Gasteiger partial charge on any atom is -0.493 e. The number of nitrogens with one attached hydrogen (secondary N) is 1. The third-order valence-corrected chi connectivity index (χ3v) is 6.98. The molecule has 0 aliphatic carbocycles. The summed E-state index contributed by atoms with van der Waals surface area (Å²) in [6, 6.07) is 18.7. The monoisotopic (exact) mass is 577 g/mol. The molecule has 0 aliphatic heterocycles. The van der Waals surface area contributed by atoms with Crippen molar-refractivity contribution in [3.05, 3.63) is 66.2 Å². The van der Waals surface area contributed by atoms with Crippen molar-refractivity contribution < 1.29 is 28.5 Å². The van der Waals surface area contributed by atoms with Crippen molar-refractivity contribution in [3.63, 3.8) is 0 Å². The largest absolute Gasteiger partial charge is 0.493 e. The van der Waals surface area contributed by atoms with Crippen molar-refractivity contribution in [1.29, 1.82) is 0 Å². The number of thioether (sulfide) groups is 1. The molecule has 11 nitrogen and oxygen atoms in total. The van der Waals surface area contributed by atoms with Crippen molar-refractivity contribution >= 4 is 23.4 Å². The third-order valence-electron chi connectivity index (χ3n) is 6.05. The Morgan fingerprint density at radius 2 is 1.49 bits per heavy atom. The molecule has 3 aromatic carbocycles. The van der Waals surface area contributed by atoms with Crippen molar-refractivity contribution in [1.82, 2.24) is 20.2 Å². The van der Waals surface area contributed by atoms with Gasteiger partial charge in [0.05, 0.1) is 47.0 Å². The number of ether oxygens (including phenoxy) is 5. The maximum atomic E-state index is 12.7. The Labute approximate surface area is 242 Å². The van der Waals surface area contributed by atoms with Crippen LogP contribution in [0.25, 0.3) is 17.1 Å². The fourth-order valence-corrected chi connectivity index (χ4v) is 4.75. The van der Waals surface area contributed by atoms with Crippen LogP contribution in [-0.4, -0.2) is 67.7 Å². The second-order valence-corrected chi connectivity index (χ2v) is 9.42. The highest BCUT2D eigenvalue weighted by atomic mass is 32.2. The molecular weight excluding hydrogens is 546 g/mol. The molecule has 214 valence electrons. The Hall–Kier alpha value is -4.71. The molecule has 0 spiro atoms. The lowest BCUT2D eigenvalue weighted by atomic mass is 10.1. The van der Waals surface area contributed by atoms with Crippen LogP contribution in [0.15, 0.2) is 70.9 Å². The summed E-state index contributed by atoms with van der Waals surface area (Å²) in [6.45, 7) is 1.80. The lowest BCUT2D eigenvalue weighted by Gasteiger charge is -2.15. The van der Waals surface area contributed by atoms with Crippen LogP contribution in [0.3, 0.4) is 0 Å². The fraction of sp³-hybridized carbons (Fsp3) is 0.241. The number of carbonyl (C=O) groups excluding carboxylic acids is 1. The number of nitrogens with zero attached hydrogens (tertiary/aromatic N) is 4. The van der Waals surface area contributed by atoms with E-state index in [1.807, 2.05) is 41.0 Å². The van der Waals surface area contributed by atoms with Gasteiger partial charge in [0.15, 0.2) is 34.0 Å². The Morgan fingerprint density at radius 3 is 2.10 bits per heavy atom. The predicted molar refractivity (Wildman–Crippen MR) is 157 cm³/mol. The SMILES string of the molecule is COc1ccc(C(C)=NNC(=O)CSc2nnc(-c3cc(OC)c(OC)c(OC)c3)n2-c2ccccc2)cc1OC. The van der Waals surface area contributed by atoms with E-state index in [9.17, 15) is 4.79 Å². The topological polar surface area (TPSA) is 118 Å². The Bertz CT molecular complexity index is 1520. The Kier molecular flexibility index (Phi) is 9.69. The van der Waals surface area contributed by atoms with Gasteiger partial charge in [0, 0.05) is 16.8 Å². The average Bonchev–Trinajstić information content (AvgIpc) is 3.45. The van der Waals surface area contributed by atoms with E-state index in [-0.39, 0.29) is 11.7 Å². The molecule has 0 saturated heterocycles. The first-order valence-corrected chi connectivity index (χ1v) is 13.4. The molecule has 12 heteroatoms. The zero-order valence-corrected chi connectivity index (χ0v) is 24.4. The van der Waals surface area contributed by atoms with Crippen LogP contribution in [0.1, 0.15) is 12.5 Å². The minimum absolute atomic E-state index is 0.0585. The van der Waals surface area contributed by atoms with Gasteiger partial charge < -0.3 is 23.7 Å². The summed E-state index contributed by atoms with van der Waals surface area (Å²) < 4.78 is 29.0. The molecule has 1 heterocycles. The average molecular weight is 578 g/mol. The Balaban J connectivity index is 1.58. The van der Waals surface area contributed by atoms with Gasteiger partial charge >= 0.3 is 0 Å². The standard InChI is InChI=1S/C29H31N5O6S/c1-18(19-12-13-22(36-2)23(14-19)37-3)30-31-26(35)17-41-29-33-32-28(34(29)21-10-8-7-9-11-21)20-15-24(38-4)27(40-6)25(16-20)39-5/h7-16H,17H2,1-6H3,(H,31,35). The number of carbonyl (C=O) groups is 1. The number of methoxy groups -OCH3 is 5. The second-order valence-electron chi connectivity index (χ2n) is 8.48. The summed E-state index contributed by atoms with van der Waals surface area (Å²) in [5.74, 6) is 2.93. The van der Waals surface area contributed by atoms with Crippen LogP contribution in [0.5, 0.6) is 28.7 Å². The van der Waals surface area contributed by atoms with E-state index in [1.54, 1.807) is 66.7 Å². The molecule has 0 atom stereocenters. The van der Waals surface area contributed by atoms with Gasteiger partial charge in [-0.2, -0.15) is 5.10 Å². The molecule has 0 saturated carbocycles. The van der Waals surface area contributed by atoms with E-state index in [0.29, 0.717) is 51.0 Å². The number of amides is 1. The molecule has 0 unspecified atom stereocenters. The number of hydrogen-bond donors (Lipinski definition) is 1. The molecule has 4 aromatic rings. The summed E-state index contributed by atoms with van der Waals surface area (Å²) in [4.78, 5) is 12.7. The molecule has 0 radical (unpaired) electrons. The van der Waals surface area contributed by atoms with E-state index in [2.05, 4.69) is 20.7 Å². The summed E-state index contributed by atoms with van der Waals surface area (Å²) in [6.07, 6.45) is 0. The number of aromatic nitrogens is 3. The fourth-order valence-electron chi connectivity index (χ4n) is 4.00. The minimum atomic E-state index is -0.299. The quantitative estimate of drug-likeness (QED) is 0.146. The molecule has 4 rings (SSSR count). The maximum Gasteiger partial charge on any atom is 0.250 e. The van der Waals surface area contributed by atoms with Gasteiger partial charge in [-0.1, -0.05) is 30.0 Å². The van der Waals surface area contributed by atoms with Gasteiger partial charge in [-0.05, 0) is 49.4 Å². The number of para-hydroxylation sites is 1. The van der Waals surface area contributed by atoms with E-state index in [4.69, 9.17) is 23.7 Å². The van der Waals surface area contributed by atoms with Gasteiger partial charge in [-0.25, -0.2) is 5.43 Å². The first kappa shape index (κ1) is 29.3. The van der Waals surface area contributed by atoms with Gasteiger partial charge in [0.25, 0.3) is 5.91 Å². The van der Waals surface area contributed by atoms with Crippen molar-refractivity contribution in [3.8, 4) is 45.8 Å². The van der Waals surface area contributed by atoms with Gasteiger partial charge in [0.1, 0.15) is 0 Å². The second kappa shape index (κ2) is 13.6.